The van der Waals surface area contributed by atoms with Gasteiger partial charge in [0.2, 0.25) is 5.91 Å². The number of carbonyl (C=O) groups excluding carboxylic acids is 1. The third-order valence-electron chi connectivity index (χ3n) is 5.94. The zero-order valence-electron chi connectivity index (χ0n) is 17.5. The fraction of sp³-hybridized carbons (Fsp3) is 0.409. The smallest absolute Gasteiger partial charge is 0.275 e. The fourth-order valence-electron chi connectivity index (χ4n) is 4.12. The molecule has 3 aromatic rings. The second-order valence-corrected chi connectivity index (χ2v) is 7.99. The summed E-state index contributed by atoms with van der Waals surface area (Å²) < 4.78 is 1.64. The quantitative estimate of drug-likeness (QED) is 0.649. The lowest BCUT2D eigenvalue weighted by Gasteiger charge is -2.32. The number of anilines is 1. The number of rotatable bonds is 5. The maximum Gasteiger partial charge on any atom is 0.275 e. The van der Waals surface area contributed by atoms with Crippen LogP contribution in [-0.4, -0.2) is 43.5 Å². The van der Waals surface area contributed by atoms with Gasteiger partial charge < -0.3 is 15.6 Å². The summed E-state index contributed by atoms with van der Waals surface area (Å²) in [6.07, 6.45) is 4.98. The highest BCUT2D eigenvalue weighted by Gasteiger charge is 2.24. The van der Waals surface area contributed by atoms with E-state index in [9.17, 15) is 9.59 Å². The number of aryl methyl sites for hydroxylation is 2. The molecule has 1 saturated heterocycles. The summed E-state index contributed by atoms with van der Waals surface area (Å²) in [5.41, 5.74) is 8.37. The molecular formula is C22H25N7O2. The minimum atomic E-state index is -0.164. The molecule has 4 heterocycles. The number of aromatic nitrogens is 4. The first-order chi connectivity index (χ1) is 15.0. The van der Waals surface area contributed by atoms with Crippen molar-refractivity contribution in [2.75, 3.05) is 18.8 Å². The molecule has 1 aliphatic heterocycles. The number of hydrogen-bond donors (Lipinski definition) is 2. The summed E-state index contributed by atoms with van der Waals surface area (Å²) >= 11 is 0. The first-order valence-electron chi connectivity index (χ1n) is 10.5. The monoisotopic (exact) mass is 419 g/mol. The molecule has 9 nitrogen and oxygen atoms in total. The van der Waals surface area contributed by atoms with Crippen LogP contribution in [0.1, 0.15) is 54.2 Å². The van der Waals surface area contributed by atoms with Crippen molar-refractivity contribution in [2.24, 2.45) is 0 Å². The van der Waals surface area contributed by atoms with E-state index in [0.717, 1.165) is 24.1 Å². The van der Waals surface area contributed by atoms with Crippen molar-refractivity contribution in [1.29, 1.82) is 5.26 Å². The van der Waals surface area contributed by atoms with Gasteiger partial charge in [0.15, 0.2) is 0 Å². The number of piperidine rings is 1. The number of nitrogens with one attached hydrogen (secondary N) is 1. The van der Waals surface area contributed by atoms with E-state index >= 15 is 0 Å². The Morgan fingerprint density at radius 2 is 2.13 bits per heavy atom. The van der Waals surface area contributed by atoms with Crippen LogP contribution < -0.4 is 11.3 Å². The van der Waals surface area contributed by atoms with Crippen LogP contribution in [0.5, 0.6) is 0 Å². The average Bonchev–Trinajstić information content (AvgIpc) is 3.15. The maximum absolute atomic E-state index is 12.6. The Morgan fingerprint density at radius 3 is 2.87 bits per heavy atom. The Morgan fingerprint density at radius 1 is 1.35 bits per heavy atom. The number of pyridine rings is 1. The van der Waals surface area contributed by atoms with Crippen LogP contribution in [0.4, 0.5) is 5.82 Å². The number of carbonyl (C=O) groups is 1. The molecule has 4 rings (SSSR count). The minimum Gasteiger partial charge on any atom is -0.383 e. The number of nitrogens with two attached hydrogens (primary N) is 1. The van der Waals surface area contributed by atoms with E-state index < -0.39 is 0 Å². The SMILES string of the molecule is Cc1ccc2c(=O)[nH]c(CCCC(=O)N3CCC(c4cnc(N)c(C#N)c4)CC3)nn12. The Kier molecular flexibility index (Phi) is 5.71. The number of nitriles is 1. The zero-order chi connectivity index (χ0) is 22.0. The molecule has 0 aliphatic carbocycles. The molecule has 0 unspecified atom stereocenters. The average molecular weight is 419 g/mol. The van der Waals surface area contributed by atoms with Crippen molar-refractivity contribution >= 4 is 17.2 Å². The van der Waals surface area contributed by atoms with Gasteiger partial charge in [-0.3, -0.25) is 9.59 Å². The second kappa shape index (κ2) is 8.60. The summed E-state index contributed by atoms with van der Waals surface area (Å²) in [6.45, 7) is 3.26. The van der Waals surface area contributed by atoms with Gasteiger partial charge in [0.1, 0.15) is 23.2 Å². The van der Waals surface area contributed by atoms with E-state index in [1.165, 1.54) is 0 Å². The highest BCUT2D eigenvalue weighted by molar-refractivity contribution is 5.76. The van der Waals surface area contributed by atoms with E-state index in [-0.39, 0.29) is 23.2 Å². The largest absolute Gasteiger partial charge is 0.383 e. The van der Waals surface area contributed by atoms with Crippen LogP contribution in [0.2, 0.25) is 0 Å². The molecule has 0 bridgehead atoms. The van der Waals surface area contributed by atoms with Crippen LogP contribution in [0.15, 0.2) is 29.2 Å². The van der Waals surface area contributed by atoms with E-state index in [1.807, 2.05) is 24.0 Å². The fourth-order valence-corrected chi connectivity index (χ4v) is 4.12. The lowest BCUT2D eigenvalue weighted by Crippen LogP contribution is -2.37. The highest BCUT2D eigenvalue weighted by Crippen LogP contribution is 2.29. The van der Waals surface area contributed by atoms with Crippen LogP contribution in [0.3, 0.4) is 0 Å². The Balaban J connectivity index is 1.29. The van der Waals surface area contributed by atoms with Crippen molar-refractivity contribution in [3.8, 4) is 6.07 Å². The molecule has 1 aliphatic rings. The van der Waals surface area contributed by atoms with Gasteiger partial charge in [-0.1, -0.05) is 0 Å². The molecule has 3 N–H and O–H groups in total. The summed E-state index contributed by atoms with van der Waals surface area (Å²) in [7, 11) is 0. The van der Waals surface area contributed by atoms with Gasteiger partial charge in [0, 0.05) is 37.8 Å². The van der Waals surface area contributed by atoms with Crippen LogP contribution in [0, 0.1) is 18.3 Å². The number of aromatic amines is 1. The molecule has 160 valence electrons. The first kappa shape index (κ1) is 20.6. The van der Waals surface area contributed by atoms with Crippen LogP contribution >= 0.6 is 0 Å². The third-order valence-corrected chi connectivity index (χ3v) is 5.94. The molecule has 0 radical (unpaired) electrons. The molecule has 0 saturated carbocycles. The lowest BCUT2D eigenvalue weighted by molar-refractivity contribution is -0.132. The second-order valence-electron chi connectivity index (χ2n) is 7.99. The van der Waals surface area contributed by atoms with Crippen LogP contribution in [-0.2, 0) is 11.2 Å². The van der Waals surface area contributed by atoms with Crippen molar-refractivity contribution in [2.45, 2.75) is 44.9 Å². The zero-order valence-corrected chi connectivity index (χ0v) is 17.5. The molecule has 0 atom stereocenters. The van der Waals surface area contributed by atoms with Gasteiger partial charge in [0.05, 0.1) is 5.56 Å². The minimum absolute atomic E-state index is 0.118. The highest BCUT2D eigenvalue weighted by atomic mass is 16.2. The molecule has 31 heavy (non-hydrogen) atoms. The summed E-state index contributed by atoms with van der Waals surface area (Å²) in [5, 5.41) is 13.6. The molecule has 0 spiro atoms. The third kappa shape index (κ3) is 4.28. The van der Waals surface area contributed by atoms with Gasteiger partial charge in [-0.25, -0.2) is 9.50 Å². The normalized spacial score (nSPS) is 14.6. The topological polar surface area (TPSA) is 133 Å². The number of likely N-dealkylation sites (tertiary alicyclic amines) is 1. The standard InChI is InChI=1S/C22H25N7O2/c1-14-5-6-18-22(31)26-19(27-29(14)18)3-2-4-20(30)28-9-7-15(8-10-28)17-11-16(12-23)21(24)25-13-17/h5-6,11,13,15H,2-4,7-10H2,1H3,(H2,24,25)(H,26,27,31). The van der Waals surface area contributed by atoms with Gasteiger partial charge in [-0.2, -0.15) is 10.4 Å². The number of H-pyrrole nitrogens is 1. The van der Waals surface area contributed by atoms with Crippen molar-refractivity contribution in [3.05, 3.63) is 57.4 Å². The van der Waals surface area contributed by atoms with Gasteiger partial charge in [-0.15, -0.1) is 0 Å². The Labute approximate surface area is 179 Å². The van der Waals surface area contributed by atoms with E-state index in [4.69, 9.17) is 11.0 Å². The molecule has 9 heteroatoms. The first-order valence-corrected chi connectivity index (χ1v) is 10.5. The molecule has 1 fully saturated rings. The van der Waals surface area contributed by atoms with E-state index in [0.29, 0.717) is 49.3 Å². The number of nitrogens with zero attached hydrogens (tertiary/aromatic N) is 5. The number of amides is 1. The van der Waals surface area contributed by atoms with Gasteiger partial charge >= 0.3 is 0 Å². The lowest BCUT2D eigenvalue weighted by atomic mass is 9.89. The predicted molar refractivity (Wildman–Crippen MR) is 115 cm³/mol. The Bertz CT molecular complexity index is 1210. The van der Waals surface area contributed by atoms with Gasteiger partial charge in [0.25, 0.3) is 5.56 Å². The van der Waals surface area contributed by atoms with Crippen molar-refractivity contribution in [3.63, 3.8) is 0 Å². The summed E-state index contributed by atoms with van der Waals surface area (Å²) in [4.78, 5) is 33.6. The van der Waals surface area contributed by atoms with Crippen LogP contribution in [0.25, 0.3) is 5.52 Å². The number of fused-ring (bicyclic) bond motifs is 1. The summed E-state index contributed by atoms with van der Waals surface area (Å²) in [6, 6.07) is 7.49. The number of hydrogen-bond acceptors (Lipinski definition) is 6. The summed E-state index contributed by atoms with van der Waals surface area (Å²) in [5.74, 6) is 1.23. The van der Waals surface area contributed by atoms with E-state index in [2.05, 4.69) is 21.1 Å². The Hall–Kier alpha value is -3.67. The van der Waals surface area contributed by atoms with Gasteiger partial charge in [-0.05, 0) is 55.9 Å². The molecule has 3 aromatic heterocycles. The number of nitrogen functional groups attached to an aromatic ring is 1. The molecule has 0 aromatic carbocycles. The predicted octanol–water partition coefficient (Wildman–Crippen LogP) is 1.91. The molecule has 1 amide bonds. The van der Waals surface area contributed by atoms with E-state index in [1.54, 1.807) is 16.8 Å². The molecular weight excluding hydrogens is 394 g/mol. The van der Waals surface area contributed by atoms with Crippen molar-refractivity contribution in [1.82, 2.24) is 24.5 Å². The maximum atomic E-state index is 12.6. The van der Waals surface area contributed by atoms with Crippen molar-refractivity contribution < 1.29 is 4.79 Å².